The fraction of sp³-hybridized carbons (Fsp3) is 0.357. The van der Waals surface area contributed by atoms with Crippen LogP contribution >= 0.6 is 11.6 Å². The van der Waals surface area contributed by atoms with Gasteiger partial charge in [-0.2, -0.15) is 4.98 Å². The molecule has 0 aliphatic rings. The van der Waals surface area contributed by atoms with Gasteiger partial charge in [0.1, 0.15) is 11.6 Å². The van der Waals surface area contributed by atoms with Crippen LogP contribution in [0.2, 0.25) is 5.02 Å². The first-order valence-corrected chi connectivity index (χ1v) is 6.74. The summed E-state index contributed by atoms with van der Waals surface area (Å²) in [6.45, 7) is 1.93. The molecule has 0 aliphatic carbocycles. The van der Waals surface area contributed by atoms with Crippen molar-refractivity contribution < 1.29 is 13.7 Å². The fourth-order valence-corrected chi connectivity index (χ4v) is 2.06. The highest BCUT2D eigenvalue weighted by Gasteiger charge is 2.14. The minimum Gasteiger partial charge on any atom is -0.339 e. The summed E-state index contributed by atoms with van der Waals surface area (Å²) < 4.78 is 18.6. The number of hydrogen-bond donors (Lipinski definition) is 0. The molecule has 1 heterocycles. The van der Waals surface area contributed by atoms with Gasteiger partial charge in [-0.1, -0.05) is 29.7 Å². The van der Waals surface area contributed by atoms with Crippen LogP contribution in [0.1, 0.15) is 37.0 Å². The van der Waals surface area contributed by atoms with E-state index in [9.17, 15) is 9.18 Å². The highest BCUT2D eigenvalue weighted by molar-refractivity contribution is 6.31. The van der Waals surface area contributed by atoms with Gasteiger partial charge in [0.25, 0.3) is 0 Å². The van der Waals surface area contributed by atoms with E-state index in [-0.39, 0.29) is 24.5 Å². The molecule has 6 heteroatoms. The van der Waals surface area contributed by atoms with Gasteiger partial charge in [0.15, 0.2) is 5.82 Å². The largest absolute Gasteiger partial charge is 0.339 e. The van der Waals surface area contributed by atoms with E-state index in [1.165, 1.54) is 12.1 Å². The highest BCUT2D eigenvalue weighted by atomic mass is 35.5. The normalized spacial score (nSPS) is 10.8. The standard InChI is InChI=1S/C14H14ClFN2O2/c1-2-4-9(19)7-14-17-13(18-20-14)8-10-11(15)5-3-6-12(10)16/h3,5-6H,2,4,7-8H2,1H3. The first-order chi connectivity index (χ1) is 9.60. The van der Waals surface area contributed by atoms with Gasteiger partial charge in [0, 0.05) is 23.4 Å². The van der Waals surface area contributed by atoms with Crippen molar-refractivity contribution in [3.63, 3.8) is 0 Å². The van der Waals surface area contributed by atoms with E-state index >= 15 is 0 Å². The lowest BCUT2D eigenvalue weighted by Crippen LogP contribution is -2.02. The second-order valence-corrected chi connectivity index (χ2v) is 4.85. The van der Waals surface area contributed by atoms with E-state index in [1.54, 1.807) is 6.07 Å². The average molecular weight is 297 g/mol. The Balaban J connectivity index is 2.08. The van der Waals surface area contributed by atoms with E-state index in [2.05, 4.69) is 10.1 Å². The van der Waals surface area contributed by atoms with Crippen LogP contribution < -0.4 is 0 Å². The van der Waals surface area contributed by atoms with Crippen molar-refractivity contribution in [2.24, 2.45) is 0 Å². The summed E-state index contributed by atoms with van der Waals surface area (Å²) in [7, 11) is 0. The Kier molecular flexibility index (Phi) is 4.84. The Morgan fingerprint density at radius 2 is 2.25 bits per heavy atom. The molecule has 4 nitrogen and oxygen atoms in total. The van der Waals surface area contributed by atoms with E-state index in [0.29, 0.717) is 22.8 Å². The van der Waals surface area contributed by atoms with Crippen LogP contribution in [0.15, 0.2) is 22.7 Å². The number of benzene rings is 1. The Bertz CT molecular complexity index is 593. The number of aromatic nitrogens is 2. The molecule has 0 unspecified atom stereocenters. The van der Waals surface area contributed by atoms with Crippen LogP contribution in [0.25, 0.3) is 0 Å². The molecule has 0 fully saturated rings. The van der Waals surface area contributed by atoms with Gasteiger partial charge < -0.3 is 4.52 Å². The van der Waals surface area contributed by atoms with Crippen LogP contribution in [0.3, 0.4) is 0 Å². The van der Waals surface area contributed by atoms with Crippen LogP contribution in [0.4, 0.5) is 4.39 Å². The Hall–Kier alpha value is -1.75. The van der Waals surface area contributed by atoms with Crippen LogP contribution in [-0.4, -0.2) is 15.9 Å². The van der Waals surface area contributed by atoms with Crippen molar-refractivity contribution >= 4 is 17.4 Å². The number of carbonyl (C=O) groups is 1. The highest BCUT2D eigenvalue weighted by Crippen LogP contribution is 2.21. The number of halogens is 2. The maximum absolute atomic E-state index is 13.6. The second kappa shape index (κ2) is 6.61. The zero-order valence-electron chi connectivity index (χ0n) is 11.0. The molecule has 1 aromatic carbocycles. The smallest absolute Gasteiger partial charge is 0.234 e. The third kappa shape index (κ3) is 3.63. The first-order valence-electron chi connectivity index (χ1n) is 6.36. The zero-order chi connectivity index (χ0) is 14.5. The molecule has 0 radical (unpaired) electrons. The number of rotatable bonds is 6. The monoisotopic (exact) mass is 296 g/mol. The van der Waals surface area contributed by atoms with Gasteiger partial charge in [0.2, 0.25) is 5.89 Å². The minimum atomic E-state index is -0.411. The maximum Gasteiger partial charge on any atom is 0.234 e. The van der Waals surface area contributed by atoms with Gasteiger partial charge in [0.05, 0.1) is 6.42 Å². The fourth-order valence-electron chi connectivity index (χ4n) is 1.83. The molecule has 0 atom stereocenters. The number of carbonyl (C=O) groups excluding carboxylic acids is 1. The Labute approximate surface area is 120 Å². The zero-order valence-corrected chi connectivity index (χ0v) is 11.8. The summed E-state index contributed by atoms with van der Waals surface area (Å²) in [6, 6.07) is 4.46. The van der Waals surface area contributed by atoms with Gasteiger partial charge in [-0.05, 0) is 18.6 Å². The number of hydrogen-bond acceptors (Lipinski definition) is 4. The lowest BCUT2D eigenvalue weighted by Gasteiger charge is -2.01. The Morgan fingerprint density at radius 3 is 2.95 bits per heavy atom. The van der Waals surface area contributed by atoms with E-state index in [4.69, 9.17) is 16.1 Å². The van der Waals surface area contributed by atoms with Gasteiger partial charge in [-0.15, -0.1) is 0 Å². The molecule has 0 bridgehead atoms. The molecule has 0 N–H and O–H groups in total. The molecule has 106 valence electrons. The predicted octanol–water partition coefficient (Wildman–Crippen LogP) is 3.36. The molecular formula is C14H14ClFN2O2. The van der Waals surface area contributed by atoms with Crippen molar-refractivity contribution in [3.8, 4) is 0 Å². The molecule has 20 heavy (non-hydrogen) atoms. The van der Waals surface area contributed by atoms with Gasteiger partial charge in [-0.25, -0.2) is 4.39 Å². The minimum absolute atomic E-state index is 0.0478. The van der Waals surface area contributed by atoms with E-state index < -0.39 is 5.82 Å². The molecule has 0 amide bonds. The van der Waals surface area contributed by atoms with Crippen LogP contribution in [-0.2, 0) is 17.6 Å². The van der Waals surface area contributed by atoms with Crippen molar-refractivity contribution in [3.05, 3.63) is 46.3 Å². The SMILES string of the molecule is CCCC(=O)Cc1nc(Cc2c(F)cccc2Cl)no1. The third-order valence-corrected chi connectivity index (χ3v) is 3.14. The van der Waals surface area contributed by atoms with E-state index in [1.807, 2.05) is 6.92 Å². The summed E-state index contributed by atoms with van der Waals surface area (Å²) >= 11 is 5.93. The van der Waals surface area contributed by atoms with Crippen molar-refractivity contribution in [2.45, 2.75) is 32.6 Å². The lowest BCUT2D eigenvalue weighted by atomic mass is 10.1. The quantitative estimate of drug-likeness (QED) is 0.820. The van der Waals surface area contributed by atoms with Crippen molar-refractivity contribution in [1.29, 1.82) is 0 Å². The summed E-state index contributed by atoms with van der Waals surface area (Å²) in [5, 5.41) is 4.06. The predicted molar refractivity (Wildman–Crippen MR) is 72.1 cm³/mol. The number of nitrogens with zero attached hydrogens (tertiary/aromatic N) is 2. The summed E-state index contributed by atoms with van der Waals surface area (Å²) in [5.74, 6) is 0.208. The Morgan fingerprint density at radius 1 is 1.45 bits per heavy atom. The molecule has 2 aromatic rings. The average Bonchev–Trinajstić information content (AvgIpc) is 2.82. The number of Topliss-reactive ketones (excluding diaryl/α,β-unsaturated/α-hetero) is 1. The summed E-state index contributed by atoms with van der Waals surface area (Å²) in [4.78, 5) is 15.6. The van der Waals surface area contributed by atoms with Gasteiger partial charge in [-0.3, -0.25) is 4.79 Å². The summed E-state index contributed by atoms with van der Waals surface area (Å²) in [5.41, 5.74) is 0.321. The maximum atomic E-state index is 13.6. The molecule has 0 saturated carbocycles. The molecule has 0 spiro atoms. The first kappa shape index (κ1) is 14.7. The van der Waals surface area contributed by atoms with Crippen LogP contribution in [0, 0.1) is 5.82 Å². The van der Waals surface area contributed by atoms with Crippen molar-refractivity contribution in [1.82, 2.24) is 10.1 Å². The second-order valence-electron chi connectivity index (χ2n) is 4.45. The molecule has 0 aliphatic heterocycles. The molecule has 0 saturated heterocycles. The molecular weight excluding hydrogens is 283 g/mol. The van der Waals surface area contributed by atoms with Crippen LogP contribution in [0.5, 0.6) is 0 Å². The third-order valence-electron chi connectivity index (χ3n) is 2.78. The number of ketones is 1. The summed E-state index contributed by atoms with van der Waals surface area (Å²) in [6.07, 6.45) is 1.52. The molecule has 1 aromatic heterocycles. The topological polar surface area (TPSA) is 56.0 Å². The van der Waals surface area contributed by atoms with Gasteiger partial charge >= 0.3 is 0 Å². The lowest BCUT2D eigenvalue weighted by molar-refractivity contribution is -0.118. The molecule has 2 rings (SSSR count). The van der Waals surface area contributed by atoms with Crippen molar-refractivity contribution in [2.75, 3.05) is 0 Å². The van der Waals surface area contributed by atoms with E-state index in [0.717, 1.165) is 6.42 Å².